The summed E-state index contributed by atoms with van der Waals surface area (Å²) in [7, 11) is 2.88. The SMILES string of the molecule is COC(=O)CC(=O)[C@H]1CC(=O)N(C)C1. The van der Waals surface area contributed by atoms with E-state index < -0.39 is 5.97 Å². The van der Waals surface area contributed by atoms with Gasteiger partial charge in [-0.3, -0.25) is 14.4 Å². The number of hydrogen-bond acceptors (Lipinski definition) is 4. The van der Waals surface area contributed by atoms with Crippen molar-refractivity contribution in [1.29, 1.82) is 0 Å². The molecule has 0 unspecified atom stereocenters. The minimum Gasteiger partial charge on any atom is -0.469 e. The van der Waals surface area contributed by atoms with E-state index in [1.807, 2.05) is 0 Å². The Morgan fingerprint density at radius 3 is 2.64 bits per heavy atom. The van der Waals surface area contributed by atoms with Gasteiger partial charge in [-0.2, -0.15) is 0 Å². The third-order valence-corrected chi connectivity index (χ3v) is 2.34. The molecule has 0 saturated carbocycles. The second kappa shape index (κ2) is 4.21. The first kappa shape index (κ1) is 10.7. The normalized spacial score (nSPS) is 21.1. The highest BCUT2D eigenvalue weighted by molar-refractivity contribution is 5.99. The van der Waals surface area contributed by atoms with Crippen molar-refractivity contribution in [3.8, 4) is 0 Å². The number of ether oxygens (including phenoxy) is 1. The molecule has 0 aromatic heterocycles. The number of rotatable bonds is 3. The molecule has 78 valence electrons. The summed E-state index contributed by atoms with van der Waals surface area (Å²) in [4.78, 5) is 34.8. The first-order valence-electron chi connectivity index (χ1n) is 4.38. The van der Waals surface area contributed by atoms with E-state index in [0.717, 1.165) is 0 Å². The maximum Gasteiger partial charge on any atom is 0.313 e. The van der Waals surface area contributed by atoms with E-state index in [2.05, 4.69) is 4.74 Å². The van der Waals surface area contributed by atoms with Crippen LogP contribution in [0.25, 0.3) is 0 Å². The monoisotopic (exact) mass is 199 g/mol. The van der Waals surface area contributed by atoms with E-state index in [9.17, 15) is 14.4 Å². The zero-order chi connectivity index (χ0) is 10.7. The minimum atomic E-state index is -0.544. The first-order chi connectivity index (χ1) is 6.54. The molecule has 0 spiro atoms. The number of amides is 1. The predicted molar refractivity (Wildman–Crippen MR) is 47.4 cm³/mol. The zero-order valence-corrected chi connectivity index (χ0v) is 8.28. The number of ketones is 1. The molecule has 0 aromatic rings. The summed E-state index contributed by atoms with van der Waals surface area (Å²) >= 11 is 0. The fraction of sp³-hybridized carbons (Fsp3) is 0.667. The average Bonchev–Trinajstić information content (AvgIpc) is 2.47. The summed E-state index contributed by atoms with van der Waals surface area (Å²) in [6.07, 6.45) is -0.0192. The highest BCUT2D eigenvalue weighted by Crippen LogP contribution is 2.18. The van der Waals surface area contributed by atoms with Gasteiger partial charge in [-0.15, -0.1) is 0 Å². The van der Waals surface area contributed by atoms with E-state index in [4.69, 9.17) is 0 Å². The summed E-state index contributed by atoms with van der Waals surface area (Å²) in [5.74, 6) is -1.15. The van der Waals surface area contributed by atoms with Gasteiger partial charge in [-0.25, -0.2) is 0 Å². The van der Waals surface area contributed by atoms with Gasteiger partial charge in [-0.05, 0) is 0 Å². The van der Waals surface area contributed by atoms with E-state index >= 15 is 0 Å². The molecule has 0 aromatic carbocycles. The fourth-order valence-corrected chi connectivity index (χ4v) is 1.44. The largest absolute Gasteiger partial charge is 0.469 e. The Morgan fingerprint density at radius 1 is 1.57 bits per heavy atom. The van der Waals surface area contributed by atoms with Gasteiger partial charge in [0.1, 0.15) is 12.2 Å². The van der Waals surface area contributed by atoms with Crippen molar-refractivity contribution in [3.63, 3.8) is 0 Å². The van der Waals surface area contributed by atoms with Gasteiger partial charge in [0.2, 0.25) is 5.91 Å². The van der Waals surface area contributed by atoms with Crippen molar-refractivity contribution in [2.24, 2.45) is 5.92 Å². The molecule has 14 heavy (non-hydrogen) atoms. The van der Waals surface area contributed by atoms with Gasteiger partial charge in [0, 0.05) is 25.9 Å². The standard InChI is InChI=1S/C9H13NO4/c1-10-5-6(3-8(10)12)7(11)4-9(13)14-2/h6H,3-5H2,1-2H3/t6-/m0/s1. The summed E-state index contributed by atoms with van der Waals surface area (Å²) in [6, 6.07) is 0. The molecule has 0 aliphatic carbocycles. The summed E-state index contributed by atoms with van der Waals surface area (Å²) in [6.45, 7) is 0.411. The van der Waals surface area contributed by atoms with Crippen LogP contribution in [0.5, 0.6) is 0 Å². The first-order valence-corrected chi connectivity index (χ1v) is 4.38. The molecule has 0 bridgehead atoms. The molecule has 0 N–H and O–H groups in total. The van der Waals surface area contributed by atoms with Crippen molar-refractivity contribution < 1.29 is 19.1 Å². The van der Waals surface area contributed by atoms with Crippen LogP contribution in [0, 0.1) is 5.92 Å². The highest BCUT2D eigenvalue weighted by Gasteiger charge is 2.32. The Morgan fingerprint density at radius 2 is 2.21 bits per heavy atom. The Labute approximate surface area is 82.0 Å². The van der Waals surface area contributed by atoms with Crippen LogP contribution >= 0.6 is 0 Å². The molecule has 1 fully saturated rings. The number of nitrogens with zero attached hydrogens (tertiary/aromatic N) is 1. The van der Waals surface area contributed by atoms with Crippen LogP contribution in [0.2, 0.25) is 0 Å². The Hall–Kier alpha value is -1.39. The Bertz CT molecular complexity index is 274. The third kappa shape index (κ3) is 2.31. The van der Waals surface area contributed by atoms with E-state index in [1.165, 1.54) is 12.0 Å². The predicted octanol–water partition coefficient (Wildman–Crippen LogP) is -0.403. The molecule has 1 aliphatic rings. The van der Waals surface area contributed by atoms with Crippen LogP contribution in [-0.2, 0) is 19.1 Å². The lowest BCUT2D eigenvalue weighted by Gasteiger charge is -2.08. The van der Waals surface area contributed by atoms with E-state index in [0.29, 0.717) is 6.54 Å². The van der Waals surface area contributed by atoms with Crippen molar-refractivity contribution >= 4 is 17.7 Å². The van der Waals surface area contributed by atoms with Gasteiger partial charge in [0.25, 0.3) is 0 Å². The number of esters is 1. The molecule has 5 nitrogen and oxygen atoms in total. The second-order valence-electron chi connectivity index (χ2n) is 3.39. The molecule has 1 saturated heterocycles. The minimum absolute atomic E-state index is 0.0479. The summed E-state index contributed by atoms with van der Waals surface area (Å²) in [5, 5.41) is 0. The molecule has 1 amide bonds. The molecule has 5 heteroatoms. The van der Waals surface area contributed by atoms with Crippen molar-refractivity contribution in [1.82, 2.24) is 4.90 Å². The van der Waals surface area contributed by atoms with Crippen LogP contribution in [0.3, 0.4) is 0 Å². The molecule has 1 heterocycles. The lowest BCUT2D eigenvalue weighted by atomic mass is 10.0. The summed E-state index contributed by atoms with van der Waals surface area (Å²) < 4.78 is 4.38. The van der Waals surface area contributed by atoms with Crippen molar-refractivity contribution in [2.75, 3.05) is 20.7 Å². The van der Waals surface area contributed by atoms with Crippen molar-refractivity contribution in [3.05, 3.63) is 0 Å². The average molecular weight is 199 g/mol. The van der Waals surface area contributed by atoms with Gasteiger partial charge in [0.15, 0.2) is 0 Å². The Kier molecular flexibility index (Phi) is 3.22. The molecule has 1 aliphatic heterocycles. The molecular formula is C9H13NO4. The topological polar surface area (TPSA) is 63.7 Å². The van der Waals surface area contributed by atoms with Gasteiger partial charge < -0.3 is 9.64 Å². The maximum absolute atomic E-state index is 11.4. The lowest BCUT2D eigenvalue weighted by Crippen LogP contribution is -2.23. The van der Waals surface area contributed by atoms with Crippen LogP contribution in [0.15, 0.2) is 0 Å². The number of methoxy groups -OCH3 is 1. The smallest absolute Gasteiger partial charge is 0.313 e. The molecule has 0 radical (unpaired) electrons. The van der Waals surface area contributed by atoms with Gasteiger partial charge >= 0.3 is 5.97 Å². The number of Topliss-reactive ketones (excluding diaryl/α,β-unsaturated/α-hetero) is 1. The number of carbonyl (C=O) groups is 3. The highest BCUT2D eigenvalue weighted by atomic mass is 16.5. The van der Waals surface area contributed by atoms with Crippen molar-refractivity contribution in [2.45, 2.75) is 12.8 Å². The van der Waals surface area contributed by atoms with Crippen LogP contribution in [-0.4, -0.2) is 43.3 Å². The quantitative estimate of drug-likeness (QED) is 0.458. The van der Waals surface area contributed by atoms with Crippen LogP contribution < -0.4 is 0 Å². The van der Waals surface area contributed by atoms with E-state index in [-0.39, 0.29) is 30.4 Å². The van der Waals surface area contributed by atoms with Crippen LogP contribution in [0.4, 0.5) is 0 Å². The second-order valence-corrected chi connectivity index (χ2v) is 3.39. The lowest BCUT2D eigenvalue weighted by molar-refractivity contribution is -0.144. The molecule has 1 rings (SSSR count). The van der Waals surface area contributed by atoms with Crippen LogP contribution in [0.1, 0.15) is 12.8 Å². The summed E-state index contributed by atoms with van der Waals surface area (Å²) in [5.41, 5.74) is 0. The maximum atomic E-state index is 11.4. The zero-order valence-electron chi connectivity index (χ0n) is 8.28. The number of likely N-dealkylation sites (tertiary alicyclic amines) is 1. The third-order valence-electron chi connectivity index (χ3n) is 2.34. The van der Waals surface area contributed by atoms with Gasteiger partial charge in [0.05, 0.1) is 7.11 Å². The Balaban J connectivity index is 2.47. The van der Waals surface area contributed by atoms with E-state index in [1.54, 1.807) is 7.05 Å². The fourth-order valence-electron chi connectivity index (χ4n) is 1.44. The number of carbonyl (C=O) groups excluding carboxylic acids is 3. The molecule has 1 atom stereocenters. The molecular weight excluding hydrogens is 186 g/mol. The van der Waals surface area contributed by atoms with Gasteiger partial charge in [-0.1, -0.05) is 0 Å². The number of hydrogen-bond donors (Lipinski definition) is 0.